The Hall–Kier alpha value is -1.95. The van der Waals surface area contributed by atoms with Crippen molar-refractivity contribution < 1.29 is 9.90 Å². The third-order valence-electron chi connectivity index (χ3n) is 1.81. The summed E-state index contributed by atoms with van der Waals surface area (Å²) < 4.78 is 0. The molecule has 1 aromatic rings. The normalized spacial score (nSPS) is 14.7. The maximum atomic E-state index is 10.9. The molecular formula is C8H8N4O2. The minimum atomic E-state index is -0.982. The number of para-hydroxylation sites is 1. The van der Waals surface area contributed by atoms with Crippen LogP contribution in [0.1, 0.15) is 10.4 Å². The van der Waals surface area contributed by atoms with Crippen LogP contribution in [0.5, 0.6) is 0 Å². The summed E-state index contributed by atoms with van der Waals surface area (Å²) in [7, 11) is 0. The third-order valence-corrected chi connectivity index (χ3v) is 1.81. The van der Waals surface area contributed by atoms with Crippen LogP contribution >= 0.6 is 0 Å². The summed E-state index contributed by atoms with van der Waals surface area (Å²) in [5, 5.41) is 17.7. The molecule has 6 nitrogen and oxygen atoms in total. The van der Waals surface area contributed by atoms with Gasteiger partial charge in [0.15, 0.2) is 0 Å². The number of carboxylic acid groups (broad SMARTS) is 1. The summed E-state index contributed by atoms with van der Waals surface area (Å²) >= 11 is 0. The summed E-state index contributed by atoms with van der Waals surface area (Å²) in [5.74, 6) is -0.982. The van der Waals surface area contributed by atoms with E-state index in [-0.39, 0.29) is 5.56 Å². The first-order valence-corrected chi connectivity index (χ1v) is 4.02. The van der Waals surface area contributed by atoms with E-state index >= 15 is 0 Å². The highest BCUT2D eigenvalue weighted by Crippen LogP contribution is 2.20. The van der Waals surface area contributed by atoms with Crippen molar-refractivity contribution in [2.45, 2.75) is 0 Å². The number of carboxylic acids is 1. The quantitative estimate of drug-likeness (QED) is 0.733. The summed E-state index contributed by atoms with van der Waals surface area (Å²) in [6.45, 7) is 0.369. The molecule has 2 rings (SSSR count). The fourth-order valence-electron chi connectivity index (χ4n) is 1.20. The highest BCUT2D eigenvalue weighted by molar-refractivity contribution is 5.94. The Morgan fingerprint density at radius 3 is 2.93 bits per heavy atom. The standard InChI is InChI=1S/C8H8N4O2/c13-8(14)6-3-1-2-4-7(6)12-10-5-9-11-12/h1-4,10H,5H2,(H,13,14). The van der Waals surface area contributed by atoms with Crippen LogP contribution in [0.3, 0.4) is 0 Å². The number of rotatable bonds is 2. The molecule has 72 valence electrons. The van der Waals surface area contributed by atoms with Crippen molar-refractivity contribution in [2.24, 2.45) is 10.3 Å². The molecule has 0 atom stereocenters. The molecule has 0 spiro atoms. The first kappa shape index (κ1) is 8.64. The van der Waals surface area contributed by atoms with Crippen LogP contribution in [-0.2, 0) is 0 Å². The van der Waals surface area contributed by atoms with Gasteiger partial charge in [0.05, 0.1) is 11.3 Å². The Balaban J connectivity index is 2.40. The van der Waals surface area contributed by atoms with Gasteiger partial charge in [0.25, 0.3) is 0 Å². The van der Waals surface area contributed by atoms with Crippen molar-refractivity contribution in [1.82, 2.24) is 5.43 Å². The van der Waals surface area contributed by atoms with Gasteiger partial charge in [-0.2, -0.15) is 15.7 Å². The molecule has 0 bridgehead atoms. The average molecular weight is 192 g/mol. The molecule has 1 aliphatic heterocycles. The lowest BCUT2D eigenvalue weighted by Gasteiger charge is -2.13. The van der Waals surface area contributed by atoms with E-state index in [1.165, 1.54) is 11.2 Å². The zero-order valence-corrected chi connectivity index (χ0v) is 7.21. The van der Waals surface area contributed by atoms with Gasteiger partial charge in [0, 0.05) is 0 Å². The second-order valence-electron chi connectivity index (χ2n) is 2.68. The smallest absolute Gasteiger partial charge is 0.337 e. The van der Waals surface area contributed by atoms with Crippen LogP contribution in [-0.4, -0.2) is 17.7 Å². The Bertz CT molecular complexity index is 391. The predicted octanol–water partition coefficient (Wildman–Crippen LogP) is 1.03. The number of aromatic carboxylic acids is 1. The SMILES string of the molecule is O=C(O)c1ccccc1N1N=NCN1. The molecule has 1 aliphatic rings. The Labute approximate surface area is 79.8 Å². The minimum absolute atomic E-state index is 0.195. The maximum Gasteiger partial charge on any atom is 0.337 e. The highest BCUT2D eigenvalue weighted by atomic mass is 16.4. The van der Waals surface area contributed by atoms with Crippen LogP contribution in [0.15, 0.2) is 34.6 Å². The van der Waals surface area contributed by atoms with Gasteiger partial charge in [-0.1, -0.05) is 17.4 Å². The van der Waals surface area contributed by atoms with E-state index in [9.17, 15) is 4.79 Å². The summed E-state index contributed by atoms with van der Waals surface area (Å²) in [6, 6.07) is 6.60. The fourth-order valence-corrected chi connectivity index (χ4v) is 1.20. The molecule has 0 aromatic heterocycles. The lowest BCUT2D eigenvalue weighted by molar-refractivity contribution is 0.0697. The van der Waals surface area contributed by atoms with E-state index in [0.717, 1.165) is 0 Å². The highest BCUT2D eigenvalue weighted by Gasteiger charge is 2.16. The van der Waals surface area contributed by atoms with Gasteiger partial charge in [-0.05, 0) is 12.1 Å². The van der Waals surface area contributed by atoms with Crippen molar-refractivity contribution in [3.63, 3.8) is 0 Å². The lowest BCUT2D eigenvalue weighted by Crippen LogP contribution is -2.29. The lowest BCUT2D eigenvalue weighted by atomic mass is 10.2. The Morgan fingerprint density at radius 2 is 2.29 bits per heavy atom. The molecule has 0 saturated carbocycles. The summed E-state index contributed by atoms with van der Waals surface area (Å²) in [6.07, 6.45) is 0. The molecule has 1 heterocycles. The summed E-state index contributed by atoms with van der Waals surface area (Å²) in [4.78, 5) is 10.9. The van der Waals surface area contributed by atoms with Crippen molar-refractivity contribution in [1.29, 1.82) is 0 Å². The number of carbonyl (C=O) groups is 1. The molecule has 1 aromatic carbocycles. The van der Waals surface area contributed by atoms with Gasteiger partial charge in [-0.3, -0.25) is 0 Å². The molecule has 0 amide bonds. The summed E-state index contributed by atoms with van der Waals surface area (Å²) in [5.41, 5.74) is 3.49. The van der Waals surface area contributed by atoms with E-state index in [0.29, 0.717) is 12.4 Å². The fraction of sp³-hybridized carbons (Fsp3) is 0.125. The van der Waals surface area contributed by atoms with E-state index in [4.69, 9.17) is 5.11 Å². The zero-order chi connectivity index (χ0) is 9.97. The van der Waals surface area contributed by atoms with Crippen LogP contribution in [0.25, 0.3) is 0 Å². The van der Waals surface area contributed by atoms with Crippen molar-refractivity contribution in [3.05, 3.63) is 29.8 Å². The molecule has 0 radical (unpaired) electrons. The molecule has 0 saturated heterocycles. The van der Waals surface area contributed by atoms with E-state index in [1.807, 2.05) is 0 Å². The predicted molar refractivity (Wildman–Crippen MR) is 48.7 cm³/mol. The van der Waals surface area contributed by atoms with Crippen LogP contribution in [0, 0.1) is 0 Å². The Morgan fingerprint density at radius 1 is 1.50 bits per heavy atom. The molecule has 2 N–H and O–H groups in total. The number of hydrogen-bond donors (Lipinski definition) is 2. The molecule has 0 unspecified atom stereocenters. The van der Waals surface area contributed by atoms with Gasteiger partial charge in [0.1, 0.15) is 6.67 Å². The van der Waals surface area contributed by atoms with E-state index in [2.05, 4.69) is 15.8 Å². The maximum absolute atomic E-state index is 10.9. The number of nitrogens with one attached hydrogen (secondary N) is 1. The van der Waals surface area contributed by atoms with Gasteiger partial charge in [-0.15, -0.1) is 0 Å². The van der Waals surface area contributed by atoms with E-state index < -0.39 is 5.97 Å². The van der Waals surface area contributed by atoms with E-state index in [1.54, 1.807) is 18.2 Å². The first-order chi connectivity index (χ1) is 6.79. The van der Waals surface area contributed by atoms with Gasteiger partial charge >= 0.3 is 5.97 Å². The number of hydrazine groups is 1. The van der Waals surface area contributed by atoms with Crippen LogP contribution in [0.4, 0.5) is 5.69 Å². The third kappa shape index (κ3) is 1.42. The van der Waals surface area contributed by atoms with Crippen molar-refractivity contribution in [2.75, 3.05) is 11.8 Å². The topological polar surface area (TPSA) is 77.3 Å². The van der Waals surface area contributed by atoms with Crippen LogP contribution in [0.2, 0.25) is 0 Å². The second-order valence-corrected chi connectivity index (χ2v) is 2.68. The number of nitrogens with zero attached hydrogens (tertiary/aromatic N) is 3. The van der Waals surface area contributed by atoms with Crippen LogP contribution < -0.4 is 10.5 Å². The van der Waals surface area contributed by atoms with Gasteiger partial charge < -0.3 is 5.11 Å². The number of benzene rings is 1. The Kier molecular flexibility index (Phi) is 2.11. The largest absolute Gasteiger partial charge is 0.478 e. The average Bonchev–Trinajstić information content (AvgIpc) is 2.70. The zero-order valence-electron chi connectivity index (χ0n) is 7.21. The number of hydrogen-bond acceptors (Lipinski definition) is 5. The molecule has 14 heavy (non-hydrogen) atoms. The monoisotopic (exact) mass is 192 g/mol. The molecular weight excluding hydrogens is 184 g/mol. The number of anilines is 1. The molecule has 0 fully saturated rings. The van der Waals surface area contributed by atoms with Gasteiger partial charge in [0.2, 0.25) is 0 Å². The van der Waals surface area contributed by atoms with Crippen molar-refractivity contribution in [3.8, 4) is 0 Å². The van der Waals surface area contributed by atoms with Gasteiger partial charge in [-0.25, -0.2) is 4.79 Å². The molecule has 0 aliphatic carbocycles. The van der Waals surface area contributed by atoms with Crippen molar-refractivity contribution >= 4 is 11.7 Å². The molecule has 6 heteroatoms. The minimum Gasteiger partial charge on any atom is -0.478 e. The second kappa shape index (κ2) is 3.43. The first-order valence-electron chi connectivity index (χ1n) is 4.02.